The molecule has 0 radical (unpaired) electrons. The van der Waals surface area contributed by atoms with Crippen LogP contribution in [0.15, 0.2) is 72.8 Å². The molecule has 0 amide bonds. The van der Waals surface area contributed by atoms with Crippen LogP contribution in [-0.4, -0.2) is 64.2 Å². The second-order valence-corrected chi connectivity index (χ2v) is 10.9. The normalized spacial score (nSPS) is 15.9. The molecule has 39 heavy (non-hydrogen) atoms. The van der Waals surface area contributed by atoms with Gasteiger partial charge in [0.25, 0.3) is 0 Å². The van der Waals surface area contributed by atoms with Gasteiger partial charge in [0.1, 0.15) is 17.2 Å². The molecule has 4 rings (SSSR count). The average molecular weight is 550 g/mol. The van der Waals surface area contributed by atoms with Gasteiger partial charge in [-0.3, -0.25) is 4.79 Å². The predicted molar refractivity (Wildman–Crippen MR) is 157 cm³/mol. The summed E-state index contributed by atoms with van der Waals surface area (Å²) in [4.78, 5) is 14.8. The van der Waals surface area contributed by atoms with Gasteiger partial charge in [0.15, 0.2) is 0 Å². The van der Waals surface area contributed by atoms with E-state index in [0.29, 0.717) is 6.61 Å². The molecular formula is C32H39NO5S. The molecular weight excluding hydrogens is 510 g/mol. The van der Waals surface area contributed by atoms with Crippen molar-refractivity contribution in [3.63, 3.8) is 0 Å². The molecule has 1 atom stereocenters. The summed E-state index contributed by atoms with van der Waals surface area (Å²) in [6.07, 6.45) is 1.91. The molecule has 0 aromatic heterocycles. The summed E-state index contributed by atoms with van der Waals surface area (Å²) in [7, 11) is 5.06. The summed E-state index contributed by atoms with van der Waals surface area (Å²) in [6.45, 7) is 4.92. The number of esters is 1. The molecule has 1 unspecified atom stereocenters. The molecule has 1 saturated heterocycles. The first kappa shape index (κ1) is 28.8. The summed E-state index contributed by atoms with van der Waals surface area (Å²) in [5.41, 5.74) is 3.48. The fourth-order valence-corrected chi connectivity index (χ4v) is 6.83. The number of benzene rings is 3. The minimum atomic E-state index is -0.485. The number of piperidine rings is 1. The van der Waals surface area contributed by atoms with Gasteiger partial charge >= 0.3 is 5.97 Å². The van der Waals surface area contributed by atoms with Gasteiger partial charge in [0.2, 0.25) is 0 Å². The van der Waals surface area contributed by atoms with Crippen LogP contribution in [0.4, 0.5) is 0 Å². The fraction of sp³-hybridized carbons (Fsp3) is 0.406. The molecule has 0 aliphatic carbocycles. The number of ether oxygens (including phenoxy) is 4. The van der Waals surface area contributed by atoms with Crippen molar-refractivity contribution in [1.82, 2.24) is 4.90 Å². The van der Waals surface area contributed by atoms with Crippen LogP contribution in [0.5, 0.6) is 17.2 Å². The van der Waals surface area contributed by atoms with Gasteiger partial charge in [0.05, 0.1) is 38.6 Å². The Morgan fingerprint density at radius 1 is 0.821 bits per heavy atom. The smallest absolute Gasteiger partial charge is 0.310 e. The lowest BCUT2D eigenvalue weighted by Crippen LogP contribution is -2.40. The zero-order valence-electron chi connectivity index (χ0n) is 23.4. The van der Waals surface area contributed by atoms with E-state index in [4.69, 9.17) is 18.9 Å². The third-order valence-corrected chi connectivity index (χ3v) is 8.87. The average Bonchev–Trinajstić information content (AvgIpc) is 3.00. The molecule has 0 N–H and O–H groups in total. The number of carbonyl (C=O) groups excluding carboxylic acids is 1. The predicted octanol–water partition coefficient (Wildman–Crippen LogP) is 6.01. The highest BCUT2D eigenvalue weighted by Crippen LogP contribution is 2.49. The van der Waals surface area contributed by atoms with Gasteiger partial charge in [-0.05, 0) is 79.4 Å². The summed E-state index contributed by atoms with van der Waals surface area (Å²) in [6, 6.07) is 25.0. The van der Waals surface area contributed by atoms with Crippen molar-refractivity contribution in [3.05, 3.63) is 89.5 Å². The van der Waals surface area contributed by atoms with E-state index in [1.807, 2.05) is 55.1 Å². The molecule has 0 spiro atoms. The number of carbonyl (C=O) groups is 1. The Hall–Kier alpha value is -3.16. The van der Waals surface area contributed by atoms with Gasteiger partial charge in [0, 0.05) is 18.8 Å². The van der Waals surface area contributed by atoms with E-state index >= 15 is 0 Å². The molecule has 7 heteroatoms. The van der Waals surface area contributed by atoms with E-state index in [9.17, 15) is 4.79 Å². The Labute approximate surface area is 236 Å². The number of nitrogens with zero attached hydrogens (tertiary/aromatic N) is 1. The number of hydrogen-bond acceptors (Lipinski definition) is 7. The molecule has 208 valence electrons. The maximum atomic E-state index is 12.4. The van der Waals surface area contributed by atoms with Crippen LogP contribution in [0.2, 0.25) is 0 Å². The highest BCUT2D eigenvalue weighted by Gasteiger charge is 2.37. The van der Waals surface area contributed by atoms with Crippen LogP contribution in [0, 0.1) is 5.92 Å². The van der Waals surface area contributed by atoms with Gasteiger partial charge in [-0.25, -0.2) is 0 Å². The second-order valence-electron chi connectivity index (χ2n) is 9.61. The van der Waals surface area contributed by atoms with Crippen LogP contribution in [-0.2, 0) is 14.3 Å². The minimum absolute atomic E-state index is 0.0433. The van der Waals surface area contributed by atoms with Crippen molar-refractivity contribution in [2.45, 2.75) is 24.5 Å². The van der Waals surface area contributed by atoms with E-state index in [-0.39, 0.29) is 11.9 Å². The standard InChI is InChI=1S/C32H39NO5S/c1-5-38-31(34)24-7-6-20-33(23-24)21-22-39-32(25-8-14-28(35-2)15-9-25,26-10-16-29(36-3)17-11-26)27-12-18-30(37-4)19-13-27/h8-19,24H,5-7,20-23H2,1-4H3. The van der Waals surface area contributed by atoms with Crippen molar-refractivity contribution >= 4 is 17.7 Å². The van der Waals surface area contributed by atoms with Crippen LogP contribution < -0.4 is 14.2 Å². The Balaban J connectivity index is 1.69. The molecule has 6 nitrogen and oxygen atoms in total. The monoisotopic (exact) mass is 549 g/mol. The van der Waals surface area contributed by atoms with E-state index < -0.39 is 4.75 Å². The molecule has 1 fully saturated rings. The van der Waals surface area contributed by atoms with Gasteiger partial charge in [-0.1, -0.05) is 36.4 Å². The van der Waals surface area contributed by atoms with Crippen molar-refractivity contribution < 1.29 is 23.7 Å². The van der Waals surface area contributed by atoms with E-state index in [2.05, 4.69) is 41.3 Å². The van der Waals surface area contributed by atoms with Crippen LogP contribution in [0.25, 0.3) is 0 Å². The fourth-order valence-electron chi connectivity index (χ4n) is 5.27. The molecule has 0 bridgehead atoms. The molecule has 0 saturated carbocycles. The minimum Gasteiger partial charge on any atom is -0.497 e. The van der Waals surface area contributed by atoms with E-state index in [1.54, 1.807) is 21.3 Å². The molecule has 1 aliphatic rings. The molecule has 3 aromatic rings. The van der Waals surface area contributed by atoms with Gasteiger partial charge in [-0.2, -0.15) is 0 Å². The first-order chi connectivity index (χ1) is 19.0. The highest BCUT2D eigenvalue weighted by atomic mass is 32.2. The lowest BCUT2D eigenvalue weighted by atomic mass is 9.84. The lowest BCUT2D eigenvalue weighted by Gasteiger charge is -2.37. The third kappa shape index (κ3) is 6.71. The van der Waals surface area contributed by atoms with Crippen molar-refractivity contribution in [2.75, 3.05) is 53.3 Å². The maximum Gasteiger partial charge on any atom is 0.310 e. The largest absolute Gasteiger partial charge is 0.497 e. The van der Waals surface area contributed by atoms with Crippen molar-refractivity contribution in [3.8, 4) is 17.2 Å². The van der Waals surface area contributed by atoms with Crippen LogP contribution >= 0.6 is 11.8 Å². The van der Waals surface area contributed by atoms with Gasteiger partial charge in [-0.15, -0.1) is 11.8 Å². The number of hydrogen-bond donors (Lipinski definition) is 0. The van der Waals surface area contributed by atoms with Crippen LogP contribution in [0.1, 0.15) is 36.5 Å². The van der Waals surface area contributed by atoms with E-state index in [1.165, 1.54) is 0 Å². The Morgan fingerprint density at radius 2 is 1.28 bits per heavy atom. The SMILES string of the molecule is CCOC(=O)C1CCCN(CCSC(c2ccc(OC)cc2)(c2ccc(OC)cc2)c2ccc(OC)cc2)C1. The Morgan fingerprint density at radius 3 is 1.69 bits per heavy atom. The topological polar surface area (TPSA) is 57.2 Å². The third-order valence-electron chi connectivity index (χ3n) is 7.34. The number of thioether (sulfide) groups is 1. The molecule has 3 aromatic carbocycles. The van der Waals surface area contributed by atoms with Crippen molar-refractivity contribution in [1.29, 1.82) is 0 Å². The Bertz CT molecular complexity index is 1070. The van der Waals surface area contributed by atoms with Crippen LogP contribution in [0.3, 0.4) is 0 Å². The van der Waals surface area contributed by atoms with Crippen molar-refractivity contribution in [2.24, 2.45) is 5.92 Å². The van der Waals surface area contributed by atoms with E-state index in [0.717, 1.165) is 72.2 Å². The number of methoxy groups -OCH3 is 3. The second kappa shape index (κ2) is 13.8. The summed E-state index contributed by atoms with van der Waals surface area (Å²) < 4.78 is 21.3. The first-order valence-corrected chi connectivity index (χ1v) is 14.5. The summed E-state index contributed by atoms with van der Waals surface area (Å²) in [5, 5.41) is 0. The zero-order chi connectivity index (χ0) is 27.7. The first-order valence-electron chi connectivity index (χ1n) is 13.5. The number of likely N-dealkylation sites (tertiary alicyclic amines) is 1. The summed E-state index contributed by atoms with van der Waals surface area (Å²) >= 11 is 1.90. The maximum absolute atomic E-state index is 12.4. The molecule has 1 heterocycles. The Kier molecular flexibility index (Phi) is 10.2. The van der Waals surface area contributed by atoms with Gasteiger partial charge < -0.3 is 23.8 Å². The number of rotatable bonds is 12. The quantitative estimate of drug-likeness (QED) is 0.202. The lowest BCUT2D eigenvalue weighted by molar-refractivity contribution is -0.149. The summed E-state index contributed by atoms with van der Waals surface area (Å²) in [5.74, 6) is 3.22. The molecule has 1 aliphatic heterocycles. The highest BCUT2D eigenvalue weighted by molar-refractivity contribution is 8.00. The zero-order valence-corrected chi connectivity index (χ0v) is 24.2.